The molecule has 1 heterocycles. The molecule has 0 aliphatic carbocycles. The van der Waals surface area contributed by atoms with Crippen LogP contribution in [0.5, 0.6) is 5.75 Å². The quantitative estimate of drug-likeness (QED) is 0.886. The Labute approximate surface area is 137 Å². The summed E-state index contributed by atoms with van der Waals surface area (Å²) in [5.74, 6) is 0.771. The molecule has 23 heavy (non-hydrogen) atoms. The number of hydrogen-bond donors (Lipinski definition) is 1. The number of urea groups is 1. The number of carbonyl (C=O) groups excluding carboxylic acids is 1. The van der Waals surface area contributed by atoms with Crippen molar-refractivity contribution >= 4 is 17.4 Å². The van der Waals surface area contributed by atoms with Crippen LogP contribution in [-0.4, -0.2) is 18.7 Å². The van der Waals surface area contributed by atoms with E-state index in [-0.39, 0.29) is 12.1 Å². The molecule has 1 atom stereocenters. The highest BCUT2D eigenvalue weighted by atomic mass is 16.5. The molecule has 0 aromatic heterocycles. The molecule has 120 valence electrons. The maximum absolute atomic E-state index is 12.8. The Bertz CT molecular complexity index is 727. The number of ether oxygens (including phenoxy) is 1. The normalized spacial score (nSPS) is 16.5. The van der Waals surface area contributed by atoms with E-state index in [1.54, 1.807) is 4.90 Å². The molecule has 3 rings (SSSR count). The van der Waals surface area contributed by atoms with E-state index in [1.165, 1.54) is 0 Å². The lowest BCUT2D eigenvalue weighted by Crippen LogP contribution is -2.45. The van der Waals surface area contributed by atoms with Crippen molar-refractivity contribution in [2.24, 2.45) is 0 Å². The van der Waals surface area contributed by atoms with Gasteiger partial charge in [0.15, 0.2) is 0 Å². The summed E-state index contributed by atoms with van der Waals surface area (Å²) in [6, 6.07) is 13.6. The Morgan fingerprint density at radius 2 is 2.00 bits per heavy atom. The van der Waals surface area contributed by atoms with Crippen LogP contribution in [0.15, 0.2) is 42.5 Å². The molecule has 2 amide bonds. The monoisotopic (exact) mass is 310 g/mol. The summed E-state index contributed by atoms with van der Waals surface area (Å²) in [5.41, 5.74) is 3.87. The zero-order chi connectivity index (χ0) is 16.4. The van der Waals surface area contributed by atoms with E-state index in [1.807, 2.05) is 56.3 Å². The molecule has 0 radical (unpaired) electrons. The molecule has 1 aliphatic rings. The van der Waals surface area contributed by atoms with Crippen molar-refractivity contribution in [3.63, 3.8) is 0 Å². The summed E-state index contributed by atoms with van der Waals surface area (Å²) in [4.78, 5) is 14.6. The smallest absolute Gasteiger partial charge is 0.326 e. The van der Waals surface area contributed by atoms with Crippen LogP contribution in [0.25, 0.3) is 0 Å². The van der Waals surface area contributed by atoms with Crippen molar-refractivity contribution in [1.82, 2.24) is 0 Å². The van der Waals surface area contributed by atoms with E-state index in [9.17, 15) is 4.79 Å². The Hall–Kier alpha value is -2.49. The first kappa shape index (κ1) is 15.4. The van der Waals surface area contributed by atoms with Gasteiger partial charge in [0.25, 0.3) is 0 Å². The van der Waals surface area contributed by atoms with Gasteiger partial charge in [-0.25, -0.2) is 4.79 Å². The topological polar surface area (TPSA) is 41.6 Å². The highest BCUT2D eigenvalue weighted by molar-refractivity contribution is 6.03. The number of nitrogens with zero attached hydrogens (tertiary/aromatic N) is 1. The molecule has 4 heteroatoms. The van der Waals surface area contributed by atoms with E-state index < -0.39 is 0 Å². The first-order chi connectivity index (χ1) is 11.1. The van der Waals surface area contributed by atoms with Crippen molar-refractivity contribution in [3.05, 3.63) is 53.6 Å². The van der Waals surface area contributed by atoms with Gasteiger partial charge >= 0.3 is 6.03 Å². The van der Waals surface area contributed by atoms with Crippen molar-refractivity contribution < 1.29 is 9.53 Å². The predicted molar refractivity (Wildman–Crippen MR) is 93.4 cm³/mol. The van der Waals surface area contributed by atoms with Gasteiger partial charge in [0.1, 0.15) is 11.9 Å². The molecule has 0 unspecified atom stereocenters. The van der Waals surface area contributed by atoms with Crippen LogP contribution in [0, 0.1) is 13.8 Å². The van der Waals surface area contributed by atoms with E-state index in [2.05, 4.69) is 12.2 Å². The van der Waals surface area contributed by atoms with E-state index in [0.717, 1.165) is 34.7 Å². The molecule has 1 aliphatic heterocycles. The minimum absolute atomic E-state index is 0.0217. The van der Waals surface area contributed by atoms with Crippen LogP contribution >= 0.6 is 0 Å². The summed E-state index contributed by atoms with van der Waals surface area (Å²) in [6.45, 7) is 6.66. The largest absolute Gasteiger partial charge is 0.486 e. The number of aryl methyl sites for hydroxylation is 2. The van der Waals surface area contributed by atoms with Gasteiger partial charge in [-0.3, -0.25) is 4.90 Å². The van der Waals surface area contributed by atoms with Gasteiger partial charge in [-0.2, -0.15) is 0 Å². The predicted octanol–water partition coefficient (Wildman–Crippen LogP) is 4.51. The van der Waals surface area contributed by atoms with Gasteiger partial charge in [-0.05, 0) is 55.7 Å². The first-order valence-corrected chi connectivity index (χ1v) is 7.99. The fourth-order valence-electron chi connectivity index (χ4n) is 2.78. The fraction of sp³-hybridized carbons (Fsp3) is 0.316. The second kappa shape index (κ2) is 6.32. The first-order valence-electron chi connectivity index (χ1n) is 7.99. The zero-order valence-electron chi connectivity index (χ0n) is 13.8. The van der Waals surface area contributed by atoms with E-state index >= 15 is 0 Å². The van der Waals surface area contributed by atoms with Crippen LogP contribution in [0.2, 0.25) is 0 Å². The molecule has 2 aromatic carbocycles. The number of rotatable bonds is 2. The number of anilines is 2. The zero-order valence-corrected chi connectivity index (χ0v) is 13.8. The molecular weight excluding hydrogens is 288 g/mol. The van der Waals surface area contributed by atoms with Gasteiger partial charge in [-0.1, -0.05) is 25.1 Å². The lowest BCUT2D eigenvalue weighted by atomic mass is 10.1. The van der Waals surface area contributed by atoms with Crippen molar-refractivity contribution in [1.29, 1.82) is 0 Å². The average Bonchev–Trinajstić information content (AvgIpc) is 2.53. The van der Waals surface area contributed by atoms with Crippen molar-refractivity contribution in [2.75, 3.05) is 16.8 Å². The highest BCUT2D eigenvalue weighted by Crippen LogP contribution is 2.35. The van der Waals surface area contributed by atoms with Gasteiger partial charge in [0, 0.05) is 5.69 Å². The van der Waals surface area contributed by atoms with Crippen LogP contribution in [-0.2, 0) is 0 Å². The average molecular weight is 310 g/mol. The van der Waals surface area contributed by atoms with Crippen LogP contribution in [0.1, 0.15) is 24.5 Å². The molecule has 4 nitrogen and oxygen atoms in total. The van der Waals surface area contributed by atoms with E-state index in [0.29, 0.717) is 6.54 Å². The van der Waals surface area contributed by atoms with Crippen molar-refractivity contribution in [3.8, 4) is 5.75 Å². The summed E-state index contributed by atoms with van der Waals surface area (Å²) >= 11 is 0. The number of nitrogens with one attached hydrogen (secondary N) is 1. The van der Waals surface area contributed by atoms with E-state index in [4.69, 9.17) is 4.74 Å². The molecule has 0 fully saturated rings. The minimum atomic E-state index is -0.121. The summed E-state index contributed by atoms with van der Waals surface area (Å²) in [5, 5.41) is 2.99. The standard InChI is InChI=1S/C19H22N2O2/c1-4-16-12-21(17-11-14(3)8-9-18(17)23-16)19(22)20-15-7-5-6-13(2)10-15/h5-11,16H,4,12H2,1-3H3,(H,20,22)/t16-/m0/s1. The molecule has 0 spiro atoms. The number of carbonyl (C=O) groups is 1. The van der Waals surface area contributed by atoms with Crippen molar-refractivity contribution in [2.45, 2.75) is 33.3 Å². The maximum Gasteiger partial charge on any atom is 0.326 e. The number of benzene rings is 2. The Kier molecular flexibility index (Phi) is 4.24. The summed E-state index contributed by atoms with van der Waals surface area (Å²) in [7, 11) is 0. The molecule has 0 saturated heterocycles. The SMILES string of the molecule is CC[C@H]1CN(C(=O)Nc2cccc(C)c2)c2cc(C)ccc2O1. The lowest BCUT2D eigenvalue weighted by molar-refractivity contribution is 0.188. The second-order valence-electron chi connectivity index (χ2n) is 6.03. The van der Waals surface area contributed by atoms with Crippen LogP contribution < -0.4 is 15.0 Å². The Morgan fingerprint density at radius 3 is 2.74 bits per heavy atom. The Balaban J connectivity index is 1.88. The maximum atomic E-state index is 12.8. The van der Waals surface area contributed by atoms with Gasteiger partial charge < -0.3 is 10.1 Å². The second-order valence-corrected chi connectivity index (χ2v) is 6.03. The van der Waals surface area contributed by atoms with Gasteiger partial charge in [0.2, 0.25) is 0 Å². The van der Waals surface area contributed by atoms with Crippen LogP contribution in [0.3, 0.4) is 0 Å². The number of hydrogen-bond acceptors (Lipinski definition) is 2. The van der Waals surface area contributed by atoms with Gasteiger partial charge in [0.05, 0.1) is 12.2 Å². The third-order valence-corrected chi connectivity index (χ3v) is 4.05. The summed E-state index contributed by atoms with van der Waals surface area (Å²) in [6.07, 6.45) is 0.884. The number of amides is 2. The Morgan fingerprint density at radius 1 is 1.22 bits per heavy atom. The minimum Gasteiger partial charge on any atom is -0.486 e. The van der Waals surface area contributed by atoms with Crippen LogP contribution in [0.4, 0.5) is 16.2 Å². The lowest BCUT2D eigenvalue weighted by Gasteiger charge is -2.34. The molecule has 1 N–H and O–H groups in total. The molecule has 0 saturated carbocycles. The molecule has 2 aromatic rings. The third kappa shape index (κ3) is 3.31. The highest BCUT2D eigenvalue weighted by Gasteiger charge is 2.29. The fourth-order valence-corrected chi connectivity index (χ4v) is 2.78. The molecule has 0 bridgehead atoms. The number of fused-ring (bicyclic) bond motifs is 1. The molecular formula is C19H22N2O2. The van der Waals surface area contributed by atoms with Gasteiger partial charge in [-0.15, -0.1) is 0 Å². The summed E-state index contributed by atoms with van der Waals surface area (Å²) < 4.78 is 5.96. The third-order valence-electron chi connectivity index (χ3n) is 4.05.